The maximum absolute atomic E-state index is 12.3. The molecule has 4 heteroatoms. The molecule has 2 aromatic carbocycles. The largest absolute Gasteiger partial charge is 0.491 e. The summed E-state index contributed by atoms with van der Waals surface area (Å²) in [5.41, 5.74) is 2.26. The Labute approximate surface area is 148 Å². The van der Waals surface area contributed by atoms with Crippen LogP contribution in [0.4, 0.5) is 0 Å². The molecule has 0 spiro atoms. The quantitative estimate of drug-likeness (QED) is 0.748. The topological polar surface area (TPSA) is 38.3 Å². The van der Waals surface area contributed by atoms with Gasteiger partial charge in [0.1, 0.15) is 5.75 Å². The van der Waals surface area contributed by atoms with E-state index < -0.39 is 0 Å². The lowest BCUT2D eigenvalue weighted by Crippen LogP contribution is -2.30. The number of ether oxygens (including phenoxy) is 1. The molecule has 1 amide bonds. The lowest BCUT2D eigenvalue weighted by Gasteiger charge is -2.14. The Morgan fingerprint density at radius 3 is 2.50 bits per heavy atom. The molecule has 0 radical (unpaired) electrons. The van der Waals surface area contributed by atoms with E-state index in [4.69, 9.17) is 4.74 Å². The Morgan fingerprint density at radius 1 is 1.12 bits per heavy atom. The van der Waals surface area contributed by atoms with E-state index in [1.807, 2.05) is 45.0 Å². The van der Waals surface area contributed by atoms with Crippen LogP contribution in [0.15, 0.2) is 53.4 Å². The predicted molar refractivity (Wildman–Crippen MR) is 101 cm³/mol. The van der Waals surface area contributed by atoms with Gasteiger partial charge >= 0.3 is 0 Å². The number of hydrogen-bond acceptors (Lipinski definition) is 3. The highest BCUT2D eigenvalue weighted by atomic mass is 32.2. The molecule has 2 rings (SSSR count). The van der Waals surface area contributed by atoms with Crippen LogP contribution in [0.3, 0.4) is 0 Å². The Hall–Kier alpha value is -1.94. The van der Waals surface area contributed by atoms with E-state index in [2.05, 4.69) is 36.5 Å². The number of benzene rings is 2. The number of carbonyl (C=O) groups is 1. The smallest absolute Gasteiger partial charge is 0.233 e. The molecule has 0 bridgehead atoms. The van der Waals surface area contributed by atoms with Crippen molar-refractivity contribution in [3.05, 3.63) is 59.7 Å². The number of thioether (sulfide) groups is 1. The molecule has 0 fully saturated rings. The molecule has 3 nitrogen and oxygen atoms in total. The van der Waals surface area contributed by atoms with Crippen LogP contribution < -0.4 is 10.1 Å². The first kappa shape index (κ1) is 18.4. The fraction of sp³-hybridized carbons (Fsp3) is 0.350. The number of rotatable bonds is 7. The van der Waals surface area contributed by atoms with Gasteiger partial charge in [0.2, 0.25) is 5.91 Å². The van der Waals surface area contributed by atoms with Crippen LogP contribution in [0.1, 0.15) is 31.9 Å². The van der Waals surface area contributed by atoms with Gasteiger partial charge in [-0.2, -0.15) is 0 Å². The van der Waals surface area contributed by atoms with Crippen LogP contribution in [0, 0.1) is 6.92 Å². The van der Waals surface area contributed by atoms with Gasteiger partial charge < -0.3 is 10.1 Å². The highest BCUT2D eigenvalue weighted by Crippen LogP contribution is 2.23. The van der Waals surface area contributed by atoms with Gasteiger partial charge in [0.25, 0.3) is 0 Å². The second-order valence-corrected chi connectivity index (χ2v) is 7.52. The van der Waals surface area contributed by atoms with Crippen LogP contribution >= 0.6 is 11.8 Å². The van der Waals surface area contributed by atoms with Crippen molar-refractivity contribution in [3.63, 3.8) is 0 Å². The first-order valence-electron chi connectivity index (χ1n) is 8.20. The number of nitrogens with one attached hydrogen (secondary N) is 1. The van der Waals surface area contributed by atoms with E-state index in [-0.39, 0.29) is 17.3 Å². The molecule has 0 aliphatic carbocycles. The molecule has 0 aliphatic heterocycles. The Kier molecular flexibility index (Phi) is 6.73. The molecule has 128 valence electrons. The van der Waals surface area contributed by atoms with Gasteiger partial charge in [0, 0.05) is 11.4 Å². The molecule has 1 N–H and O–H groups in total. The van der Waals surface area contributed by atoms with Crippen molar-refractivity contribution in [1.82, 2.24) is 5.32 Å². The number of amides is 1. The first-order chi connectivity index (χ1) is 11.4. The van der Waals surface area contributed by atoms with Crippen LogP contribution in [0.2, 0.25) is 0 Å². The predicted octanol–water partition coefficient (Wildman–Crippen LogP) is 4.58. The summed E-state index contributed by atoms with van der Waals surface area (Å²) in [5.74, 6) is 0.870. The summed E-state index contributed by atoms with van der Waals surface area (Å²) in [6, 6.07) is 16.1. The molecule has 1 atom stereocenters. The standard InChI is InChI=1S/C20H25NO2S/c1-14(2)23-18-7-5-6-17(12-18)13-21-20(22)16(4)24-19-10-8-15(3)9-11-19/h5-12,14,16H,13H2,1-4H3,(H,21,22)/t16-/m0/s1. The zero-order valence-electron chi connectivity index (χ0n) is 14.7. The Morgan fingerprint density at radius 2 is 1.83 bits per heavy atom. The molecule has 0 aliphatic rings. The van der Waals surface area contributed by atoms with Crippen LogP contribution in [-0.2, 0) is 11.3 Å². The molecule has 0 saturated carbocycles. The van der Waals surface area contributed by atoms with Gasteiger partial charge in [-0.25, -0.2) is 0 Å². The Bertz CT molecular complexity index is 668. The van der Waals surface area contributed by atoms with Crippen LogP contribution in [0.25, 0.3) is 0 Å². The summed E-state index contributed by atoms with van der Waals surface area (Å²) < 4.78 is 5.68. The maximum Gasteiger partial charge on any atom is 0.233 e. The van der Waals surface area contributed by atoms with E-state index in [0.29, 0.717) is 6.54 Å². The summed E-state index contributed by atoms with van der Waals surface area (Å²) in [4.78, 5) is 13.4. The summed E-state index contributed by atoms with van der Waals surface area (Å²) in [5, 5.41) is 2.86. The number of aryl methyl sites for hydroxylation is 1. The molecule has 0 unspecified atom stereocenters. The Balaban J connectivity index is 1.86. The minimum absolute atomic E-state index is 0.0377. The third-order valence-electron chi connectivity index (χ3n) is 3.44. The maximum atomic E-state index is 12.3. The van der Waals surface area contributed by atoms with Gasteiger partial charge in [0.15, 0.2) is 0 Å². The number of hydrogen-bond donors (Lipinski definition) is 1. The highest BCUT2D eigenvalue weighted by Gasteiger charge is 2.14. The normalized spacial score (nSPS) is 12.0. The molecule has 2 aromatic rings. The second-order valence-electron chi connectivity index (χ2n) is 6.10. The van der Waals surface area contributed by atoms with Gasteiger partial charge in [-0.15, -0.1) is 11.8 Å². The van der Waals surface area contributed by atoms with E-state index in [1.165, 1.54) is 5.56 Å². The van der Waals surface area contributed by atoms with Crippen molar-refractivity contribution < 1.29 is 9.53 Å². The van der Waals surface area contributed by atoms with Gasteiger partial charge in [0.05, 0.1) is 11.4 Å². The van der Waals surface area contributed by atoms with Crippen molar-refractivity contribution in [2.45, 2.75) is 50.5 Å². The second kappa shape index (κ2) is 8.78. The minimum atomic E-state index is -0.136. The van der Waals surface area contributed by atoms with E-state index in [1.54, 1.807) is 11.8 Å². The van der Waals surface area contributed by atoms with E-state index >= 15 is 0 Å². The summed E-state index contributed by atoms with van der Waals surface area (Å²) in [6.45, 7) is 8.49. The SMILES string of the molecule is Cc1ccc(S[C@@H](C)C(=O)NCc2cccc(OC(C)C)c2)cc1. The van der Waals surface area contributed by atoms with E-state index in [0.717, 1.165) is 16.2 Å². The van der Waals surface area contributed by atoms with E-state index in [9.17, 15) is 4.79 Å². The van der Waals surface area contributed by atoms with Crippen molar-refractivity contribution in [2.75, 3.05) is 0 Å². The first-order valence-corrected chi connectivity index (χ1v) is 9.08. The fourth-order valence-electron chi connectivity index (χ4n) is 2.21. The van der Waals surface area contributed by atoms with Gasteiger partial charge in [-0.05, 0) is 57.5 Å². The van der Waals surface area contributed by atoms with Crippen LogP contribution in [0.5, 0.6) is 5.75 Å². The average molecular weight is 343 g/mol. The zero-order chi connectivity index (χ0) is 17.5. The van der Waals surface area contributed by atoms with Gasteiger partial charge in [-0.1, -0.05) is 29.8 Å². The fourth-order valence-corrected chi connectivity index (χ4v) is 3.10. The summed E-state index contributed by atoms with van der Waals surface area (Å²) in [6.07, 6.45) is 0.140. The van der Waals surface area contributed by atoms with Crippen LogP contribution in [-0.4, -0.2) is 17.3 Å². The third-order valence-corrected chi connectivity index (χ3v) is 4.55. The monoisotopic (exact) mass is 343 g/mol. The van der Waals surface area contributed by atoms with Crippen molar-refractivity contribution in [1.29, 1.82) is 0 Å². The molecular weight excluding hydrogens is 318 g/mol. The molecular formula is C20H25NO2S. The van der Waals surface area contributed by atoms with Crippen molar-refractivity contribution >= 4 is 17.7 Å². The van der Waals surface area contributed by atoms with Gasteiger partial charge in [-0.3, -0.25) is 4.79 Å². The zero-order valence-corrected chi connectivity index (χ0v) is 15.5. The third kappa shape index (κ3) is 5.93. The molecule has 24 heavy (non-hydrogen) atoms. The number of carbonyl (C=O) groups excluding carboxylic acids is 1. The average Bonchev–Trinajstić information content (AvgIpc) is 2.54. The summed E-state index contributed by atoms with van der Waals surface area (Å²) >= 11 is 1.57. The van der Waals surface area contributed by atoms with Crippen molar-refractivity contribution in [3.8, 4) is 5.75 Å². The lowest BCUT2D eigenvalue weighted by atomic mass is 10.2. The minimum Gasteiger partial charge on any atom is -0.491 e. The summed E-state index contributed by atoms with van der Waals surface area (Å²) in [7, 11) is 0. The molecule has 0 aromatic heterocycles. The van der Waals surface area contributed by atoms with Crippen molar-refractivity contribution in [2.24, 2.45) is 0 Å². The molecule has 0 saturated heterocycles. The highest BCUT2D eigenvalue weighted by molar-refractivity contribution is 8.00. The molecule has 0 heterocycles. The lowest BCUT2D eigenvalue weighted by molar-refractivity contribution is -0.120.